The number of unbranched alkanes of at least 4 members (excludes halogenated alkanes) is 10. The number of ether oxygens (including phenoxy) is 2. The molecule has 0 saturated carbocycles. The van der Waals surface area contributed by atoms with Gasteiger partial charge in [-0.3, -0.25) is 9.59 Å². The summed E-state index contributed by atoms with van der Waals surface area (Å²) in [5.74, 6) is -0.707. The second-order valence-corrected chi connectivity index (χ2v) is 12.6. The topological polar surface area (TPSA) is 72.8 Å². The predicted molar refractivity (Wildman–Crippen MR) is 214 cm³/mol. The van der Waals surface area contributed by atoms with E-state index in [4.69, 9.17) is 9.47 Å². The van der Waals surface area contributed by atoms with Crippen molar-refractivity contribution in [3.05, 3.63) is 97.2 Å². The fourth-order valence-electron chi connectivity index (χ4n) is 4.90. The van der Waals surface area contributed by atoms with Crippen LogP contribution < -0.4 is 0 Å². The van der Waals surface area contributed by atoms with E-state index in [1.807, 2.05) is 12.2 Å². The van der Waals surface area contributed by atoms with Crippen molar-refractivity contribution in [2.45, 2.75) is 161 Å². The quantitative estimate of drug-likeness (QED) is 0.0413. The van der Waals surface area contributed by atoms with Gasteiger partial charge in [0, 0.05) is 12.8 Å². The number of carbonyl (C=O) groups excluding carboxylic acids is 2. The van der Waals surface area contributed by atoms with Crippen molar-refractivity contribution in [2.24, 2.45) is 0 Å². The van der Waals surface area contributed by atoms with E-state index in [0.717, 1.165) is 70.6 Å². The maximum atomic E-state index is 12.2. The summed E-state index contributed by atoms with van der Waals surface area (Å²) in [5.41, 5.74) is 0. The molecule has 0 fully saturated rings. The van der Waals surface area contributed by atoms with Crippen LogP contribution in [0.1, 0.15) is 155 Å². The molecule has 0 aromatic heterocycles. The second kappa shape index (κ2) is 40.3. The van der Waals surface area contributed by atoms with Gasteiger partial charge in [-0.2, -0.15) is 0 Å². The maximum Gasteiger partial charge on any atom is 0.306 e. The Morgan fingerprint density at radius 1 is 0.480 bits per heavy atom. The van der Waals surface area contributed by atoms with E-state index < -0.39 is 6.10 Å². The van der Waals surface area contributed by atoms with E-state index in [0.29, 0.717) is 12.8 Å². The Bertz CT molecular complexity index is 1010. The molecule has 0 heterocycles. The molecule has 0 aliphatic rings. The number of hydrogen-bond donors (Lipinski definition) is 1. The zero-order valence-electron chi connectivity index (χ0n) is 31.9. The normalized spacial score (nSPS) is 13.3. The highest BCUT2D eigenvalue weighted by Crippen LogP contribution is 2.11. The van der Waals surface area contributed by atoms with Gasteiger partial charge in [0.25, 0.3) is 0 Å². The molecule has 0 aliphatic carbocycles. The zero-order chi connectivity index (χ0) is 36.4. The van der Waals surface area contributed by atoms with E-state index in [1.165, 1.54) is 51.4 Å². The number of aliphatic hydroxyl groups excluding tert-OH is 1. The van der Waals surface area contributed by atoms with Crippen molar-refractivity contribution >= 4 is 11.9 Å². The van der Waals surface area contributed by atoms with Gasteiger partial charge in [0.2, 0.25) is 0 Å². The van der Waals surface area contributed by atoms with Crippen LogP contribution >= 0.6 is 0 Å². The van der Waals surface area contributed by atoms with Gasteiger partial charge in [-0.05, 0) is 83.5 Å². The molecule has 0 aliphatic heterocycles. The van der Waals surface area contributed by atoms with Gasteiger partial charge in [0.05, 0.1) is 6.61 Å². The summed E-state index contributed by atoms with van der Waals surface area (Å²) >= 11 is 0. The average Bonchev–Trinajstić information content (AvgIpc) is 3.12. The van der Waals surface area contributed by atoms with Crippen molar-refractivity contribution in [2.75, 3.05) is 13.2 Å². The molecule has 0 aromatic carbocycles. The van der Waals surface area contributed by atoms with E-state index in [2.05, 4.69) is 98.9 Å². The minimum absolute atomic E-state index is 0.115. The van der Waals surface area contributed by atoms with Gasteiger partial charge in [-0.15, -0.1) is 0 Å². The lowest BCUT2D eigenvalue weighted by atomic mass is 10.1. The Labute approximate surface area is 307 Å². The van der Waals surface area contributed by atoms with Crippen LogP contribution in [0.4, 0.5) is 0 Å². The summed E-state index contributed by atoms with van der Waals surface area (Å²) in [6.07, 6.45) is 56.2. The lowest BCUT2D eigenvalue weighted by Gasteiger charge is -2.15. The first kappa shape index (κ1) is 46.8. The van der Waals surface area contributed by atoms with E-state index in [-0.39, 0.29) is 31.6 Å². The van der Waals surface area contributed by atoms with E-state index in [1.54, 1.807) is 0 Å². The third-order valence-corrected chi connectivity index (χ3v) is 7.88. The molecule has 0 amide bonds. The average molecular weight is 693 g/mol. The van der Waals surface area contributed by atoms with Gasteiger partial charge in [0.15, 0.2) is 6.10 Å². The first-order chi connectivity index (χ1) is 24.6. The molecule has 1 atom stereocenters. The Hall–Kier alpha value is -3.18. The summed E-state index contributed by atoms with van der Waals surface area (Å²) in [5, 5.41) is 9.55. The second-order valence-electron chi connectivity index (χ2n) is 12.6. The molecule has 50 heavy (non-hydrogen) atoms. The molecule has 0 aromatic rings. The third kappa shape index (κ3) is 37.6. The first-order valence-corrected chi connectivity index (χ1v) is 19.8. The number of esters is 2. The van der Waals surface area contributed by atoms with E-state index >= 15 is 0 Å². The molecule has 0 rings (SSSR count). The number of rotatable bonds is 34. The van der Waals surface area contributed by atoms with Gasteiger partial charge in [-0.25, -0.2) is 0 Å². The van der Waals surface area contributed by atoms with Gasteiger partial charge >= 0.3 is 11.9 Å². The summed E-state index contributed by atoms with van der Waals surface area (Å²) in [6.45, 7) is 3.91. The number of hydrogen-bond acceptors (Lipinski definition) is 5. The summed E-state index contributed by atoms with van der Waals surface area (Å²) in [7, 11) is 0. The Balaban J connectivity index is 3.73. The summed E-state index contributed by atoms with van der Waals surface area (Å²) in [6, 6.07) is 0. The van der Waals surface area contributed by atoms with Crippen molar-refractivity contribution in [3.63, 3.8) is 0 Å². The number of allylic oxidation sites excluding steroid dienone is 16. The molecule has 282 valence electrons. The minimum atomic E-state index is -0.812. The van der Waals surface area contributed by atoms with Crippen molar-refractivity contribution in [1.82, 2.24) is 0 Å². The maximum absolute atomic E-state index is 12.2. The fourth-order valence-corrected chi connectivity index (χ4v) is 4.90. The van der Waals surface area contributed by atoms with Crippen LogP contribution in [0.5, 0.6) is 0 Å². The van der Waals surface area contributed by atoms with Crippen LogP contribution in [0.15, 0.2) is 97.2 Å². The lowest BCUT2D eigenvalue weighted by Crippen LogP contribution is -2.28. The largest absolute Gasteiger partial charge is 0.462 e. The van der Waals surface area contributed by atoms with Crippen LogP contribution in [-0.2, 0) is 19.1 Å². The fraction of sp³-hybridized carbons (Fsp3) is 0.600. The molecule has 0 spiro atoms. The van der Waals surface area contributed by atoms with Crippen LogP contribution in [0.3, 0.4) is 0 Å². The monoisotopic (exact) mass is 693 g/mol. The molecular weight excluding hydrogens is 620 g/mol. The predicted octanol–water partition coefficient (Wildman–Crippen LogP) is 12.5. The zero-order valence-corrected chi connectivity index (χ0v) is 31.9. The SMILES string of the molecule is CC/C=C\C/C=C\C/C=C\C/C=C\C/C=C\C/C=C\CCC(=O)OC[C@H](CO)OC(=O)CCCCCCCCC/C=C\C/C=C\CCCCC. The molecule has 0 radical (unpaired) electrons. The lowest BCUT2D eigenvalue weighted by molar-refractivity contribution is -0.161. The highest BCUT2D eigenvalue weighted by Gasteiger charge is 2.15. The molecular formula is C45H72O5. The smallest absolute Gasteiger partial charge is 0.306 e. The van der Waals surface area contributed by atoms with Crippen molar-refractivity contribution < 1.29 is 24.2 Å². The molecule has 0 bridgehead atoms. The molecule has 1 N–H and O–H groups in total. The highest BCUT2D eigenvalue weighted by molar-refractivity contribution is 5.70. The number of carbonyl (C=O) groups is 2. The standard InChI is InChI=1S/C45H72O5/c1-3-5-7-9-11-13-15-17-19-21-22-24-25-27-29-31-33-35-37-39-44(47)49-42-43(41-46)50-45(48)40-38-36-34-32-30-28-26-23-20-18-16-14-12-10-8-6-4-2/h5,7,11-14,17-20,22,24,27,29,33,35,43,46H,3-4,6,8-10,15-16,21,23,25-26,28,30-32,34,36-42H2,1-2H3/b7-5-,13-11-,14-12-,19-17-,20-18-,24-22-,29-27-,35-33-/t43-/m0/s1. The van der Waals surface area contributed by atoms with Crippen LogP contribution in [-0.4, -0.2) is 36.4 Å². The Morgan fingerprint density at radius 3 is 1.38 bits per heavy atom. The van der Waals surface area contributed by atoms with Crippen LogP contribution in [0.25, 0.3) is 0 Å². The Kier molecular flexibility index (Phi) is 37.7. The van der Waals surface area contributed by atoms with Crippen LogP contribution in [0, 0.1) is 0 Å². The van der Waals surface area contributed by atoms with Gasteiger partial charge in [0.1, 0.15) is 6.61 Å². The third-order valence-electron chi connectivity index (χ3n) is 7.88. The first-order valence-electron chi connectivity index (χ1n) is 19.8. The highest BCUT2D eigenvalue weighted by atomic mass is 16.6. The molecule has 5 heteroatoms. The van der Waals surface area contributed by atoms with Crippen LogP contribution in [0.2, 0.25) is 0 Å². The molecule has 0 unspecified atom stereocenters. The summed E-state index contributed by atoms with van der Waals surface area (Å²) in [4.78, 5) is 24.2. The minimum Gasteiger partial charge on any atom is -0.462 e. The van der Waals surface area contributed by atoms with Crippen molar-refractivity contribution in [1.29, 1.82) is 0 Å². The molecule has 0 saturated heterocycles. The number of aliphatic hydroxyl groups is 1. The molecule has 5 nitrogen and oxygen atoms in total. The van der Waals surface area contributed by atoms with Crippen molar-refractivity contribution in [3.8, 4) is 0 Å². The van der Waals surface area contributed by atoms with Gasteiger partial charge < -0.3 is 14.6 Å². The van der Waals surface area contributed by atoms with E-state index in [9.17, 15) is 14.7 Å². The summed E-state index contributed by atoms with van der Waals surface area (Å²) < 4.78 is 10.5. The Morgan fingerprint density at radius 2 is 0.900 bits per heavy atom. The van der Waals surface area contributed by atoms with Gasteiger partial charge in [-0.1, -0.05) is 156 Å².